The quantitative estimate of drug-likeness (QED) is 0.639. The minimum atomic E-state index is -3.81. The van der Waals surface area contributed by atoms with Gasteiger partial charge >= 0.3 is 0 Å². The molecular weight excluding hydrogens is 408 g/mol. The van der Waals surface area contributed by atoms with Gasteiger partial charge in [-0.3, -0.25) is 9.69 Å². The lowest BCUT2D eigenvalue weighted by Crippen LogP contribution is -2.38. The molecule has 1 aliphatic heterocycles. The van der Waals surface area contributed by atoms with Crippen molar-refractivity contribution in [1.82, 2.24) is 14.9 Å². The highest BCUT2D eigenvalue weighted by molar-refractivity contribution is 7.89. The minimum absolute atomic E-state index is 0.0287. The summed E-state index contributed by atoms with van der Waals surface area (Å²) in [6.07, 6.45) is 0. The SMILES string of the molecule is Cc1ccc(CNS(=O)(=O)c2ccc3c(c2)N(Cc2noc(C)n2)C(=O)CO3)cc1. The van der Waals surface area contributed by atoms with Crippen LogP contribution in [0.4, 0.5) is 5.69 Å². The summed E-state index contributed by atoms with van der Waals surface area (Å²) in [6.45, 7) is 3.66. The van der Waals surface area contributed by atoms with E-state index in [-0.39, 0.29) is 30.5 Å². The molecule has 1 amide bonds. The van der Waals surface area contributed by atoms with Crippen LogP contribution < -0.4 is 14.4 Å². The standard InChI is InChI=1S/C20H20N4O5S/c1-13-3-5-15(6-4-13)10-21-30(26,27)16-7-8-18-17(9-16)24(20(25)12-28-18)11-19-22-14(2)29-23-19/h3-9,21H,10-12H2,1-2H3. The summed E-state index contributed by atoms with van der Waals surface area (Å²) in [4.78, 5) is 17.9. The zero-order chi connectivity index (χ0) is 21.3. The molecule has 2 heterocycles. The molecule has 0 saturated heterocycles. The van der Waals surface area contributed by atoms with Crippen molar-refractivity contribution in [2.45, 2.75) is 31.8 Å². The number of aromatic nitrogens is 2. The largest absolute Gasteiger partial charge is 0.482 e. The highest BCUT2D eigenvalue weighted by Gasteiger charge is 2.29. The molecule has 0 spiro atoms. The predicted octanol–water partition coefficient (Wildman–Crippen LogP) is 2.09. The highest BCUT2D eigenvalue weighted by atomic mass is 32.2. The third-order valence-corrected chi connectivity index (χ3v) is 6.04. The molecule has 2 aromatic carbocycles. The van der Waals surface area contributed by atoms with Crippen LogP contribution in [0.15, 0.2) is 51.9 Å². The van der Waals surface area contributed by atoms with Gasteiger partial charge in [0.1, 0.15) is 5.75 Å². The molecule has 156 valence electrons. The summed E-state index contributed by atoms with van der Waals surface area (Å²) in [7, 11) is -3.81. The van der Waals surface area contributed by atoms with Crippen LogP contribution in [0.25, 0.3) is 0 Å². The van der Waals surface area contributed by atoms with Crippen molar-refractivity contribution in [3.8, 4) is 5.75 Å². The first-order valence-electron chi connectivity index (χ1n) is 9.23. The van der Waals surface area contributed by atoms with E-state index < -0.39 is 10.0 Å². The molecule has 10 heteroatoms. The van der Waals surface area contributed by atoms with Crippen LogP contribution in [-0.4, -0.2) is 31.1 Å². The maximum atomic E-state index is 12.8. The van der Waals surface area contributed by atoms with E-state index in [0.717, 1.165) is 11.1 Å². The first-order valence-corrected chi connectivity index (χ1v) is 10.7. The Hall–Kier alpha value is -3.24. The number of carbonyl (C=O) groups excluding carboxylic acids is 1. The second-order valence-corrected chi connectivity index (χ2v) is 8.70. The van der Waals surface area contributed by atoms with Gasteiger partial charge in [0.25, 0.3) is 5.91 Å². The molecule has 9 nitrogen and oxygen atoms in total. The van der Waals surface area contributed by atoms with Crippen LogP contribution in [0.5, 0.6) is 5.75 Å². The number of benzene rings is 2. The summed E-state index contributed by atoms with van der Waals surface area (Å²) in [5.41, 5.74) is 2.28. The Morgan fingerprint density at radius 2 is 1.90 bits per heavy atom. The van der Waals surface area contributed by atoms with E-state index in [1.54, 1.807) is 6.92 Å². The second-order valence-electron chi connectivity index (χ2n) is 6.94. The summed E-state index contributed by atoms with van der Waals surface area (Å²) >= 11 is 0. The molecule has 3 aromatic rings. The number of nitrogens with one attached hydrogen (secondary N) is 1. The van der Waals surface area contributed by atoms with Crippen molar-refractivity contribution in [1.29, 1.82) is 0 Å². The number of hydrogen-bond acceptors (Lipinski definition) is 7. The smallest absolute Gasteiger partial charge is 0.265 e. The van der Waals surface area contributed by atoms with Crippen LogP contribution in [0.2, 0.25) is 0 Å². The van der Waals surface area contributed by atoms with Gasteiger partial charge in [-0.25, -0.2) is 13.1 Å². The van der Waals surface area contributed by atoms with Gasteiger partial charge in [0.2, 0.25) is 15.9 Å². The van der Waals surface area contributed by atoms with Crippen molar-refractivity contribution in [3.05, 3.63) is 65.3 Å². The lowest BCUT2D eigenvalue weighted by molar-refractivity contribution is -0.121. The normalized spacial score (nSPS) is 13.8. The summed E-state index contributed by atoms with van der Waals surface area (Å²) in [6, 6.07) is 12.0. The third kappa shape index (κ3) is 4.19. The second kappa shape index (κ2) is 7.88. The van der Waals surface area contributed by atoms with Gasteiger partial charge in [-0.05, 0) is 30.7 Å². The average Bonchev–Trinajstić information content (AvgIpc) is 3.14. The Balaban J connectivity index is 1.59. The number of nitrogens with zero attached hydrogens (tertiary/aromatic N) is 3. The van der Waals surface area contributed by atoms with Crippen LogP contribution in [-0.2, 0) is 27.9 Å². The molecule has 30 heavy (non-hydrogen) atoms. The fourth-order valence-corrected chi connectivity index (χ4v) is 4.07. The molecule has 0 fully saturated rings. The van der Waals surface area contributed by atoms with Crippen molar-refractivity contribution in [2.75, 3.05) is 11.5 Å². The number of fused-ring (bicyclic) bond motifs is 1. The molecule has 0 bridgehead atoms. The highest BCUT2D eigenvalue weighted by Crippen LogP contribution is 2.35. The van der Waals surface area contributed by atoms with Crippen LogP contribution >= 0.6 is 0 Å². The topological polar surface area (TPSA) is 115 Å². The number of anilines is 1. The molecular formula is C20H20N4O5S. The van der Waals surface area contributed by atoms with Gasteiger partial charge in [-0.1, -0.05) is 35.0 Å². The van der Waals surface area contributed by atoms with E-state index >= 15 is 0 Å². The van der Waals surface area contributed by atoms with Gasteiger partial charge in [0, 0.05) is 13.5 Å². The third-order valence-electron chi connectivity index (χ3n) is 4.64. The Kier molecular flexibility index (Phi) is 5.27. The van der Waals surface area contributed by atoms with Gasteiger partial charge in [-0.2, -0.15) is 4.98 Å². The number of aryl methyl sites for hydroxylation is 2. The molecule has 1 N–H and O–H groups in total. The number of ether oxygens (including phenoxy) is 1. The van der Waals surface area contributed by atoms with E-state index in [0.29, 0.717) is 23.2 Å². The van der Waals surface area contributed by atoms with Crippen LogP contribution in [0.3, 0.4) is 0 Å². The van der Waals surface area contributed by atoms with Gasteiger partial charge in [0.05, 0.1) is 17.1 Å². The van der Waals surface area contributed by atoms with E-state index in [4.69, 9.17) is 9.26 Å². The van der Waals surface area contributed by atoms with Gasteiger partial charge < -0.3 is 9.26 Å². The lowest BCUT2D eigenvalue weighted by Gasteiger charge is -2.28. The molecule has 0 atom stereocenters. The minimum Gasteiger partial charge on any atom is -0.482 e. The van der Waals surface area contributed by atoms with Crippen molar-refractivity contribution in [3.63, 3.8) is 0 Å². The first kappa shape index (κ1) is 20.0. The molecule has 1 aliphatic rings. The maximum Gasteiger partial charge on any atom is 0.265 e. The first-order chi connectivity index (χ1) is 14.3. The molecule has 0 unspecified atom stereocenters. The Labute approximate surface area is 173 Å². The van der Waals surface area contributed by atoms with Crippen LogP contribution in [0, 0.1) is 13.8 Å². The van der Waals surface area contributed by atoms with Crippen molar-refractivity contribution < 1.29 is 22.5 Å². The van der Waals surface area contributed by atoms with Crippen molar-refractivity contribution >= 4 is 21.6 Å². The van der Waals surface area contributed by atoms with E-state index in [1.165, 1.54) is 23.1 Å². The average molecular weight is 428 g/mol. The van der Waals surface area contributed by atoms with E-state index in [1.807, 2.05) is 31.2 Å². The fraction of sp³-hybridized carbons (Fsp3) is 0.250. The van der Waals surface area contributed by atoms with Gasteiger partial charge in [0.15, 0.2) is 12.4 Å². The molecule has 0 aliphatic carbocycles. The van der Waals surface area contributed by atoms with E-state index in [9.17, 15) is 13.2 Å². The number of sulfonamides is 1. The van der Waals surface area contributed by atoms with Crippen LogP contribution in [0.1, 0.15) is 22.8 Å². The van der Waals surface area contributed by atoms with Crippen molar-refractivity contribution in [2.24, 2.45) is 0 Å². The Bertz CT molecular complexity index is 1190. The Morgan fingerprint density at radius 1 is 1.13 bits per heavy atom. The zero-order valence-electron chi connectivity index (χ0n) is 16.5. The summed E-state index contributed by atoms with van der Waals surface area (Å²) < 4.78 is 38.6. The summed E-state index contributed by atoms with van der Waals surface area (Å²) in [5, 5.41) is 3.81. The molecule has 1 aromatic heterocycles. The lowest BCUT2D eigenvalue weighted by atomic mass is 10.2. The number of carbonyl (C=O) groups is 1. The Morgan fingerprint density at radius 3 is 2.60 bits per heavy atom. The number of rotatable bonds is 6. The zero-order valence-corrected chi connectivity index (χ0v) is 17.3. The number of amides is 1. The number of hydrogen-bond donors (Lipinski definition) is 1. The molecule has 0 saturated carbocycles. The van der Waals surface area contributed by atoms with Gasteiger partial charge in [-0.15, -0.1) is 0 Å². The monoisotopic (exact) mass is 428 g/mol. The fourth-order valence-electron chi connectivity index (χ4n) is 3.04. The molecule has 0 radical (unpaired) electrons. The summed E-state index contributed by atoms with van der Waals surface area (Å²) in [5.74, 6) is 0.779. The van der Waals surface area contributed by atoms with E-state index in [2.05, 4.69) is 14.9 Å². The maximum absolute atomic E-state index is 12.8. The molecule has 4 rings (SSSR count). The predicted molar refractivity (Wildman–Crippen MR) is 107 cm³/mol.